The molecule has 1 aromatic carbocycles. The van der Waals surface area contributed by atoms with Gasteiger partial charge in [-0.1, -0.05) is 0 Å². The Kier molecular flexibility index (Phi) is 2.53. The summed E-state index contributed by atoms with van der Waals surface area (Å²) in [7, 11) is 0. The molecule has 0 bridgehead atoms. The zero-order chi connectivity index (χ0) is 7.56. The molecule has 0 amide bonds. The van der Waals surface area contributed by atoms with E-state index >= 15 is 0 Å². The quantitative estimate of drug-likeness (QED) is 0.585. The van der Waals surface area contributed by atoms with Crippen LogP contribution in [0.5, 0.6) is 5.75 Å². The van der Waals surface area contributed by atoms with Gasteiger partial charge in [0.1, 0.15) is 0 Å². The molecule has 51 valence electrons. The molecule has 0 aliphatic carbocycles. The minimum atomic E-state index is 1.00. The molecule has 10 heavy (non-hydrogen) atoms. The number of para-hydroxylation sites is 1. The maximum atomic E-state index is 5.18. The summed E-state index contributed by atoms with van der Waals surface area (Å²) in [6.45, 7) is 4.09. The molecule has 0 spiro atoms. The molecule has 0 aliphatic rings. The maximum absolute atomic E-state index is 5.18. The van der Waals surface area contributed by atoms with E-state index in [9.17, 15) is 0 Å². The molecule has 0 unspecified atom stereocenters. The van der Waals surface area contributed by atoms with Crippen molar-refractivity contribution in [1.29, 1.82) is 0 Å². The Hall–Kier alpha value is -0.266. The van der Waals surface area contributed by atoms with Gasteiger partial charge in [-0.3, -0.25) is 0 Å². The number of rotatable bonds is 1. The van der Waals surface area contributed by atoms with Crippen molar-refractivity contribution in [2.24, 2.45) is 0 Å². The molecule has 0 fully saturated rings. The second-order valence-electron chi connectivity index (χ2n) is 2.32. The number of hydrogen-bond acceptors (Lipinski definition) is 1. The van der Waals surface area contributed by atoms with Crippen molar-refractivity contribution in [3.05, 3.63) is 29.3 Å². The van der Waals surface area contributed by atoms with Crippen molar-refractivity contribution in [3.8, 4) is 5.75 Å². The first-order valence-corrected chi connectivity index (χ1v) is 3.79. The van der Waals surface area contributed by atoms with Gasteiger partial charge in [-0.15, -0.1) is 0 Å². The SMILES string of the molecule is Cc1cccc(C)c1[O][Ti]. The van der Waals surface area contributed by atoms with E-state index in [4.69, 9.17) is 3.32 Å². The fraction of sp³-hybridized carbons (Fsp3) is 0.250. The molecular weight excluding hydrogens is 160 g/mol. The van der Waals surface area contributed by atoms with Gasteiger partial charge < -0.3 is 0 Å². The van der Waals surface area contributed by atoms with Gasteiger partial charge in [0.05, 0.1) is 0 Å². The number of aryl methyl sites for hydroxylation is 2. The van der Waals surface area contributed by atoms with Gasteiger partial charge in [-0.2, -0.15) is 0 Å². The van der Waals surface area contributed by atoms with Crippen molar-refractivity contribution in [2.75, 3.05) is 0 Å². The van der Waals surface area contributed by atoms with Crippen LogP contribution in [-0.2, 0) is 20.8 Å². The van der Waals surface area contributed by atoms with E-state index in [1.54, 1.807) is 20.8 Å². The standard InChI is InChI=1S/C8H10O.Ti/c1-6-4-3-5-7(2)8(6)9;/h3-5,9H,1-2H3;/q;+1/p-1. The Bertz CT molecular complexity index is 212. The van der Waals surface area contributed by atoms with Crippen molar-refractivity contribution in [1.82, 2.24) is 0 Å². The molecular formula is C8H9OTi. The molecule has 2 heteroatoms. The summed E-state index contributed by atoms with van der Waals surface area (Å²) in [5.41, 5.74) is 2.39. The second-order valence-corrected chi connectivity index (χ2v) is 2.64. The van der Waals surface area contributed by atoms with Gasteiger partial charge in [-0.25, -0.2) is 0 Å². The van der Waals surface area contributed by atoms with E-state index in [1.165, 1.54) is 11.1 Å². The molecule has 0 radical (unpaired) electrons. The Morgan fingerprint density at radius 2 is 1.70 bits per heavy atom. The van der Waals surface area contributed by atoms with Gasteiger partial charge >= 0.3 is 73.1 Å². The summed E-state index contributed by atoms with van der Waals surface area (Å²) >= 11 is 1.70. The Balaban J connectivity index is 3.17. The molecule has 1 nitrogen and oxygen atoms in total. The van der Waals surface area contributed by atoms with Gasteiger partial charge in [-0.05, 0) is 0 Å². The Labute approximate surface area is 73.3 Å². The third-order valence-electron chi connectivity index (χ3n) is 1.51. The van der Waals surface area contributed by atoms with E-state index in [1.807, 2.05) is 32.0 Å². The van der Waals surface area contributed by atoms with E-state index in [0.717, 1.165) is 5.75 Å². The van der Waals surface area contributed by atoms with Crippen LogP contribution in [0.2, 0.25) is 0 Å². The first kappa shape index (κ1) is 7.84. The van der Waals surface area contributed by atoms with E-state index < -0.39 is 0 Å². The summed E-state index contributed by atoms with van der Waals surface area (Å²) in [6, 6.07) is 6.13. The van der Waals surface area contributed by atoms with Crippen molar-refractivity contribution in [3.63, 3.8) is 0 Å². The summed E-state index contributed by atoms with van der Waals surface area (Å²) in [6.07, 6.45) is 0. The molecule has 0 aliphatic heterocycles. The second kappa shape index (κ2) is 3.22. The molecule has 0 saturated carbocycles. The van der Waals surface area contributed by atoms with Crippen LogP contribution >= 0.6 is 0 Å². The first-order valence-electron chi connectivity index (χ1n) is 3.15. The molecule has 0 saturated heterocycles. The third kappa shape index (κ3) is 1.42. The third-order valence-corrected chi connectivity index (χ3v) is 1.83. The van der Waals surface area contributed by atoms with Crippen molar-refractivity contribution < 1.29 is 24.1 Å². The van der Waals surface area contributed by atoms with Gasteiger partial charge in [0.25, 0.3) is 0 Å². The fourth-order valence-corrected chi connectivity index (χ4v) is 1.46. The molecule has 1 aromatic rings. The predicted molar refractivity (Wildman–Crippen MR) is 36.5 cm³/mol. The average molecular weight is 169 g/mol. The number of benzene rings is 1. The monoisotopic (exact) mass is 169 g/mol. The van der Waals surface area contributed by atoms with Crippen LogP contribution in [0.15, 0.2) is 18.2 Å². The normalized spacial score (nSPS) is 9.30. The van der Waals surface area contributed by atoms with Gasteiger partial charge in [0, 0.05) is 0 Å². The van der Waals surface area contributed by atoms with Crippen molar-refractivity contribution >= 4 is 0 Å². The average Bonchev–Trinajstić information content (AvgIpc) is 1.88. The molecule has 0 N–H and O–H groups in total. The van der Waals surface area contributed by atoms with Crippen LogP contribution in [0, 0.1) is 13.8 Å². The summed E-state index contributed by atoms with van der Waals surface area (Å²) in [5, 5.41) is 0. The number of hydrogen-bond donors (Lipinski definition) is 0. The van der Waals surface area contributed by atoms with Crippen LogP contribution < -0.4 is 3.32 Å². The van der Waals surface area contributed by atoms with E-state index in [2.05, 4.69) is 0 Å². The zero-order valence-electron chi connectivity index (χ0n) is 6.14. The summed E-state index contributed by atoms with van der Waals surface area (Å²) in [4.78, 5) is 0. The topological polar surface area (TPSA) is 9.23 Å². The van der Waals surface area contributed by atoms with Crippen LogP contribution in [0.25, 0.3) is 0 Å². The molecule has 0 aromatic heterocycles. The molecule has 0 heterocycles. The van der Waals surface area contributed by atoms with Crippen LogP contribution in [0.1, 0.15) is 11.1 Å². The van der Waals surface area contributed by atoms with Crippen LogP contribution in [0.3, 0.4) is 0 Å². The van der Waals surface area contributed by atoms with Gasteiger partial charge in [0.15, 0.2) is 0 Å². The zero-order valence-corrected chi connectivity index (χ0v) is 7.70. The first-order chi connectivity index (χ1) is 4.75. The molecule has 0 atom stereocenters. The van der Waals surface area contributed by atoms with Crippen LogP contribution in [0.4, 0.5) is 0 Å². The van der Waals surface area contributed by atoms with Gasteiger partial charge in [0.2, 0.25) is 0 Å². The molecule has 1 rings (SSSR count). The summed E-state index contributed by atoms with van der Waals surface area (Å²) in [5.74, 6) is 1.00. The minimum absolute atomic E-state index is 1.00. The van der Waals surface area contributed by atoms with Crippen LogP contribution in [-0.4, -0.2) is 0 Å². The Morgan fingerprint density at radius 1 is 1.20 bits per heavy atom. The Morgan fingerprint density at radius 3 is 2.00 bits per heavy atom. The predicted octanol–water partition coefficient (Wildman–Crippen LogP) is 2.14. The van der Waals surface area contributed by atoms with Crippen molar-refractivity contribution in [2.45, 2.75) is 13.8 Å². The van der Waals surface area contributed by atoms with E-state index in [-0.39, 0.29) is 0 Å². The van der Waals surface area contributed by atoms with E-state index in [0.29, 0.717) is 0 Å². The summed E-state index contributed by atoms with van der Waals surface area (Å²) < 4.78 is 5.18. The fourth-order valence-electron chi connectivity index (χ4n) is 0.960.